The molecule has 96 valence electrons. The lowest BCUT2D eigenvalue weighted by Gasteiger charge is -2.11. The maximum Gasteiger partial charge on any atom is 0.223 e. The molecular formula is C11H18ClN3OS. The molecule has 1 rings (SSSR count). The number of aromatic nitrogens is 2. The normalized spacial score (nSPS) is 12.5. The monoisotopic (exact) mass is 275 g/mol. The largest absolute Gasteiger partial charge is 0.396 e. The minimum atomic E-state index is 0.178. The van der Waals surface area contributed by atoms with E-state index < -0.39 is 0 Å². The van der Waals surface area contributed by atoms with Gasteiger partial charge in [-0.15, -0.1) is 11.8 Å². The van der Waals surface area contributed by atoms with Crippen LogP contribution in [0, 0.1) is 0 Å². The van der Waals surface area contributed by atoms with Crippen molar-refractivity contribution in [1.82, 2.24) is 9.97 Å². The molecule has 0 bridgehead atoms. The summed E-state index contributed by atoms with van der Waals surface area (Å²) in [6, 6.07) is 0. The number of anilines is 1. The van der Waals surface area contributed by atoms with Gasteiger partial charge in [-0.25, -0.2) is 9.97 Å². The lowest BCUT2D eigenvalue weighted by Crippen LogP contribution is -2.06. The zero-order valence-electron chi connectivity index (χ0n) is 10.1. The molecule has 6 heteroatoms. The van der Waals surface area contributed by atoms with E-state index >= 15 is 0 Å². The van der Waals surface area contributed by atoms with Crippen molar-refractivity contribution in [2.24, 2.45) is 0 Å². The van der Waals surface area contributed by atoms with Crippen molar-refractivity contribution < 1.29 is 5.11 Å². The second-order valence-corrected chi connectivity index (χ2v) is 5.55. The van der Waals surface area contributed by atoms with E-state index in [0.717, 1.165) is 24.4 Å². The molecule has 0 aliphatic rings. The van der Waals surface area contributed by atoms with E-state index in [9.17, 15) is 0 Å². The van der Waals surface area contributed by atoms with Crippen molar-refractivity contribution in [3.05, 3.63) is 11.2 Å². The van der Waals surface area contributed by atoms with Gasteiger partial charge >= 0.3 is 0 Å². The predicted molar refractivity (Wildman–Crippen MR) is 72.8 cm³/mol. The molecule has 0 aliphatic heterocycles. The number of rotatable bonds is 7. The van der Waals surface area contributed by atoms with Gasteiger partial charge in [-0.3, -0.25) is 0 Å². The van der Waals surface area contributed by atoms with Gasteiger partial charge in [0.1, 0.15) is 5.03 Å². The van der Waals surface area contributed by atoms with Crippen molar-refractivity contribution in [1.29, 1.82) is 0 Å². The van der Waals surface area contributed by atoms with Crippen LogP contribution in [-0.4, -0.2) is 33.5 Å². The number of nitrogens with one attached hydrogen (secondary N) is 1. The fourth-order valence-corrected chi connectivity index (χ4v) is 2.32. The molecule has 0 amide bonds. The van der Waals surface area contributed by atoms with Crippen LogP contribution in [0.5, 0.6) is 0 Å². The predicted octanol–water partition coefficient (Wildman–Crippen LogP) is 2.81. The van der Waals surface area contributed by atoms with Gasteiger partial charge in [-0.1, -0.05) is 25.4 Å². The Kier molecular flexibility index (Phi) is 6.62. The van der Waals surface area contributed by atoms with Gasteiger partial charge in [-0.05, 0) is 12.8 Å². The molecule has 0 fully saturated rings. The molecule has 0 spiro atoms. The number of halogens is 1. The summed E-state index contributed by atoms with van der Waals surface area (Å²) in [5.41, 5.74) is 0. The van der Waals surface area contributed by atoms with Gasteiger partial charge in [0.15, 0.2) is 0 Å². The molecule has 0 saturated heterocycles. The van der Waals surface area contributed by atoms with Gasteiger partial charge in [-0.2, -0.15) is 0 Å². The van der Waals surface area contributed by atoms with E-state index in [1.807, 2.05) is 6.92 Å². The van der Waals surface area contributed by atoms with Crippen molar-refractivity contribution in [3.8, 4) is 0 Å². The highest BCUT2D eigenvalue weighted by atomic mass is 35.5. The summed E-state index contributed by atoms with van der Waals surface area (Å²) in [7, 11) is 0. The standard InChI is InChI=1S/C11H18ClN3OS/c1-3-5-13-11-14-7-9(12)10(15-11)17-8(2)4-6-16/h7-8,16H,3-6H2,1-2H3,(H,13,14,15). The fourth-order valence-electron chi connectivity index (χ4n) is 1.19. The molecule has 17 heavy (non-hydrogen) atoms. The summed E-state index contributed by atoms with van der Waals surface area (Å²) >= 11 is 7.60. The van der Waals surface area contributed by atoms with Crippen LogP contribution in [0.1, 0.15) is 26.7 Å². The van der Waals surface area contributed by atoms with Crippen LogP contribution in [0.4, 0.5) is 5.95 Å². The van der Waals surface area contributed by atoms with Crippen molar-refractivity contribution in [3.63, 3.8) is 0 Å². The maximum atomic E-state index is 8.86. The third kappa shape index (κ3) is 5.10. The molecule has 1 aromatic heterocycles. The average molecular weight is 276 g/mol. The van der Waals surface area contributed by atoms with Crippen LogP contribution >= 0.6 is 23.4 Å². The molecule has 0 aromatic carbocycles. The number of hydrogen-bond donors (Lipinski definition) is 2. The van der Waals surface area contributed by atoms with E-state index in [-0.39, 0.29) is 11.9 Å². The van der Waals surface area contributed by atoms with E-state index in [2.05, 4.69) is 22.2 Å². The van der Waals surface area contributed by atoms with Gasteiger partial charge in [0.2, 0.25) is 5.95 Å². The van der Waals surface area contributed by atoms with E-state index in [1.165, 1.54) is 0 Å². The first-order chi connectivity index (χ1) is 8.17. The Morgan fingerprint density at radius 3 is 3.00 bits per heavy atom. The van der Waals surface area contributed by atoms with Gasteiger partial charge in [0.05, 0.1) is 11.2 Å². The minimum Gasteiger partial charge on any atom is -0.396 e. The van der Waals surface area contributed by atoms with Gasteiger partial charge in [0.25, 0.3) is 0 Å². The lowest BCUT2D eigenvalue weighted by atomic mass is 10.3. The minimum absolute atomic E-state index is 0.178. The average Bonchev–Trinajstić information content (AvgIpc) is 2.30. The van der Waals surface area contributed by atoms with Crippen molar-refractivity contribution >= 4 is 29.3 Å². The van der Waals surface area contributed by atoms with Crippen molar-refractivity contribution in [2.75, 3.05) is 18.5 Å². The lowest BCUT2D eigenvalue weighted by molar-refractivity contribution is 0.289. The highest BCUT2D eigenvalue weighted by Crippen LogP contribution is 2.29. The van der Waals surface area contributed by atoms with E-state index in [0.29, 0.717) is 11.0 Å². The Bertz CT molecular complexity index is 351. The molecule has 1 aromatic rings. The fraction of sp³-hybridized carbons (Fsp3) is 0.636. The van der Waals surface area contributed by atoms with Crippen LogP contribution in [-0.2, 0) is 0 Å². The van der Waals surface area contributed by atoms with Crippen LogP contribution in [0.25, 0.3) is 0 Å². The molecular weight excluding hydrogens is 258 g/mol. The number of aliphatic hydroxyl groups excluding tert-OH is 1. The number of aliphatic hydroxyl groups is 1. The summed E-state index contributed by atoms with van der Waals surface area (Å²) in [6.07, 6.45) is 3.36. The van der Waals surface area contributed by atoms with Gasteiger partial charge < -0.3 is 10.4 Å². The first kappa shape index (κ1) is 14.5. The van der Waals surface area contributed by atoms with Crippen molar-refractivity contribution in [2.45, 2.75) is 37.0 Å². The third-order valence-electron chi connectivity index (χ3n) is 2.09. The Hall–Kier alpha value is -0.520. The second kappa shape index (κ2) is 7.74. The molecule has 4 nitrogen and oxygen atoms in total. The molecule has 1 heterocycles. The topological polar surface area (TPSA) is 58.0 Å². The zero-order chi connectivity index (χ0) is 12.7. The Balaban J connectivity index is 2.68. The van der Waals surface area contributed by atoms with Crippen LogP contribution in [0.2, 0.25) is 5.02 Å². The molecule has 1 atom stereocenters. The molecule has 2 N–H and O–H groups in total. The highest BCUT2D eigenvalue weighted by molar-refractivity contribution is 7.99. The molecule has 0 saturated carbocycles. The van der Waals surface area contributed by atoms with Crippen LogP contribution in [0.15, 0.2) is 11.2 Å². The Labute approximate surface area is 111 Å². The molecule has 0 radical (unpaired) electrons. The second-order valence-electron chi connectivity index (χ2n) is 3.71. The SMILES string of the molecule is CCCNc1ncc(Cl)c(SC(C)CCO)n1. The summed E-state index contributed by atoms with van der Waals surface area (Å²) in [5, 5.41) is 13.6. The smallest absolute Gasteiger partial charge is 0.223 e. The number of thioether (sulfide) groups is 1. The third-order valence-corrected chi connectivity index (χ3v) is 3.65. The van der Waals surface area contributed by atoms with E-state index in [4.69, 9.17) is 16.7 Å². The summed E-state index contributed by atoms with van der Waals surface area (Å²) in [6.45, 7) is 5.15. The first-order valence-electron chi connectivity index (χ1n) is 5.71. The van der Waals surface area contributed by atoms with Crippen LogP contribution in [0.3, 0.4) is 0 Å². The van der Waals surface area contributed by atoms with Gasteiger partial charge in [0, 0.05) is 18.4 Å². The number of hydrogen-bond acceptors (Lipinski definition) is 5. The number of nitrogens with zero attached hydrogens (tertiary/aromatic N) is 2. The Morgan fingerprint density at radius 2 is 2.35 bits per heavy atom. The first-order valence-corrected chi connectivity index (χ1v) is 6.97. The summed E-state index contributed by atoms with van der Waals surface area (Å²) in [4.78, 5) is 8.47. The summed E-state index contributed by atoms with van der Waals surface area (Å²) < 4.78 is 0. The Morgan fingerprint density at radius 1 is 1.59 bits per heavy atom. The quantitative estimate of drug-likeness (QED) is 0.592. The molecule has 1 unspecified atom stereocenters. The maximum absolute atomic E-state index is 8.86. The van der Waals surface area contributed by atoms with Crippen LogP contribution < -0.4 is 5.32 Å². The zero-order valence-corrected chi connectivity index (χ0v) is 11.7. The molecule has 0 aliphatic carbocycles. The van der Waals surface area contributed by atoms with E-state index in [1.54, 1.807) is 18.0 Å². The summed E-state index contributed by atoms with van der Waals surface area (Å²) in [5.74, 6) is 0.606. The highest BCUT2D eigenvalue weighted by Gasteiger charge is 2.10.